The second-order valence-corrected chi connectivity index (χ2v) is 3.42. The van der Waals surface area contributed by atoms with Gasteiger partial charge < -0.3 is 33.0 Å². The summed E-state index contributed by atoms with van der Waals surface area (Å²) in [7, 11) is -11.4. The van der Waals surface area contributed by atoms with Crippen molar-refractivity contribution in [3.05, 3.63) is 0 Å². The van der Waals surface area contributed by atoms with Crippen LogP contribution < -0.4 is 49.1 Å². The van der Waals surface area contributed by atoms with Crippen molar-refractivity contribution in [1.82, 2.24) is 0 Å². The summed E-state index contributed by atoms with van der Waals surface area (Å²) in [6, 6.07) is 0. The minimum absolute atomic E-state index is 0. The molecule has 12 heteroatoms. The molecule has 0 atom stereocenters. The third-order valence-electron chi connectivity index (χ3n) is 0.200. The quantitative estimate of drug-likeness (QED) is 0.365. The molecular formula is MnNaO7P2Ti+3. The normalized spacial score (nSPS) is 10.3. The average molecular weight is 300 g/mol. The summed E-state index contributed by atoms with van der Waals surface area (Å²) in [5, 5.41) is 0. The summed E-state index contributed by atoms with van der Waals surface area (Å²) in [4.78, 5) is 37.3. The van der Waals surface area contributed by atoms with E-state index in [1.807, 2.05) is 0 Å². The van der Waals surface area contributed by atoms with Crippen molar-refractivity contribution in [3.8, 4) is 0 Å². The first-order valence-corrected chi connectivity index (χ1v) is 4.38. The summed E-state index contributed by atoms with van der Waals surface area (Å²) < 4.78 is 21.2. The minimum atomic E-state index is -5.68. The maximum Gasteiger partial charge on any atom is 4.00 e. The largest absolute Gasteiger partial charge is 4.00 e. The Morgan fingerprint density at radius 3 is 1.08 bits per heavy atom. The third kappa shape index (κ3) is 22.9. The van der Waals surface area contributed by atoms with Crippen LogP contribution >= 0.6 is 15.6 Å². The van der Waals surface area contributed by atoms with Gasteiger partial charge in [-0.3, -0.25) is 0 Å². The van der Waals surface area contributed by atoms with Crippen molar-refractivity contribution in [1.29, 1.82) is 0 Å². The van der Waals surface area contributed by atoms with Crippen molar-refractivity contribution in [2.45, 2.75) is 0 Å². The molecular weight excluding hydrogens is 300 g/mol. The van der Waals surface area contributed by atoms with E-state index >= 15 is 0 Å². The van der Waals surface area contributed by atoms with Crippen LogP contribution in [0.25, 0.3) is 0 Å². The average Bonchev–Trinajstić information content (AvgIpc) is 1.14. The zero-order valence-corrected chi connectivity index (χ0v) is 12.2. The van der Waals surface area contributed by atoms with Gasteiger partial charge in [0.15, 0.2) is 0 Å². The van der Waals surface area contributed by atoms with Crippen molar-refractivity contribution < 1.29 is 101 Å². The smallest absolute Gasteiger partial charge is 0.790 e. The third-order valence-corrected chi connectivity index (χ3v) is 1.80. The van der Waals surface area contributed by atoms with Crippen LogP contribution in [0.2, 0.25) is 0 Å². The summed E-state index contributed by atoms with van der Waals surface area (Å²) >= 11 is 0. The van der Waals surface area contributed by atoms with E-state index in [1.165, 1.54) is 0 Å². The van der Waals surface area contributed by atoms with Crippen molar-refractivity contribution in [3.63, 3.8) is 0 Å². The topological polar surface area (TPSA) is 136 Å². The standard InChI is InChI=1S/Mn.Na.H4O7P2.Ti/c;;1-8(2,3)7-9(4,5)6;/h;;(H2,1,2,3)(H2,4,5,6);/q+2;+1;;+4/p-4. The van der Waals surface area contributed by atoms with Crippen molar-refractivity contribution >= 4 is 15.6 Å². The van der Waals surface area contributed by atoms with Gasteiger partial charge in [0.1, 0.15) is 0 Å². The molecule has 0 bridgehead atoms. The van der Waals surface area contributed by atoms with E-state index in [1.54, 1.807) is 0 Å². The SMILES string of the molecule is O=P([O-])([O-])OP(=O)([O-])[O-].[Mn+2].[Na+].[Ti+4]. The molecule has 0 amide bonds. The van der Waals surface area contributed by atoms with E-state index in [0.29, 0.717) is 0 Å². The number of rotatable bonds is 2. The maximum absolute atomic E-state index is 9.32. The molecule has 0 aliphatic carbocycles. The molecule has 12 heavy (non-hydrogen) atoms. The molecule has 7 nitrogen and oxygen atoms in total. The molecule has 0 unspecified atom stereocenters. The van der Waals surface area contributed by atoms with Crippen molar-refractivity contribution in [2.24, 2.45) is 0 Å². The van der Waals surface area contributed by atoms with Crippen LogP contribution in [-0.2, 0) is 52.2 Å². The Morgan fingerprint density at radius 2 is 1.08 bits per heavy atom. The zero-order chi connectivity index (χ0) is 7.71. The van der Waals surface area contributed by atoms with Gasteiger partial charge in [-0.1, -0.05) is 0 Å². The van der Waals surface area contributed by atoms with E-state index in [0.717, 1.165) is 0 Å². The second-order valence-electron chi connectivity index (χ2n) is 0.976. The predicted octanol–water partition coefficient (Wildman–Crippen LogP) is -6.34. The van der Waals surface area contributed by atoms with Gasteiger partial charge in [-0.2, -0.15) is 0 Å². The first-order chi connectivity index (χ1) is 3.71. The Kier molecular flexibility index (Phi) is 17.5. The second kappa shape index (κ2) is 8.77. The molecule has 0 saturated heterocycles. The molecule has 0 aromatic carbocycles. The monoisotopic (exact) mass is 300 g/mol. The first kappa shape index (κ1) is 24.0. The van der Waals surface area contributed by atoms with Gasteiger partial charge in [-0.15, -0.1) is 0 Å². The van der Waals surface area contributed by atoms with E-state index in [4.69, 9.17) is 0 Å². The van der Waals surface area contributed by atoms with Crippen LogP contribution in [0.1, 0.15) is 0 Å². The number of hydrogen-bond donors (Lipinski definition) is 0. The van der Waals surface area contributed by atoms with Gasteiger partial charge in [0, 0.05) is 0 Å². The molecule has 0 rings (SSSR count). The zero-order valence-electron chi connectivity index (χ0n) is 5.63. The number of hydrogen-bond acceptors (Lipinski definition) is 7. The van der Waals surface area contributed by atoms with E-state index in [9.17, 15) is 28.7 Å². The molecule has 0 aliphatic rings. The van der Waals surface area contributed by atoms with Gasteiger partial charge in [0.05, 0.1) is 15.6 Å². The van der Waals surface area contributed by atoms with E-state index in [2.05, 4.69) is 4.31 Å². The molecule has 61 valence electrons. The van der Waals surface area contributed by atoms with Gasteiger partial charge in [-0.25, -0.2) is 0 Å². The molecule has 0 aromatic rings. The van der Waals surface area contributed by atoms with Crippen molar-refractivity contribution in [2.75, 3.05) is 0 Å². The molecule has 1 radical (unpaired) electrons. The molecule has 0 aliphatic heterocycles. The first-order valence-electron chi connectivity index (χ1n) is 1.46. The fourth-order valence-electron chi connectivity index (χ4n) is 0.122. The Labute approximate surface area is 116 Å². The number of phosphoric acid groups is 2. The van der Waals surface area contributed by atoms with Gasteiger partial charge in [0.25, 0.3) is 0 Å². The maximum atomic E-state index is 9.32. The van der Waals surface area contributed by atoms with Crippen LogP contribution in [-0.4, -0.2) is 0 Å². The molecule has 0 N–H and O–H groups in total. The Morgan fingerprint density at radius 1 is 0.917 bits per heavy atom. The fraction of sp³-hybridized carbons (Fsp3) is 0. The van der Waals surface area contributed by atoms with Crippen LogP contribution in [0, 0.1) is 0 Å². The van der Waals surface area contributed by atoms with Crippen LogP contribution in [0.4, 0.5) is 0 Å². The molecule has 0 fully saturated rings. The fourth-order valence-corrected chi connectivity index (χ4v) is 1.10. The Balaban J connectivity index is -0.000000107. The van der Waals surface area contributed by atoms with Gasteiger partial charge >= 0.3 is 68.3 Å². The molecule has 0 aromatic heterocycles. The van der Waals surface area contributed by atoms with Crippen LogP contribution in [0.3, 0.4) is 0 Å². The molecule has 0 heterocycles. The molecule has 0 saturated carbocycles. The van der Waals surface area contributed by atoms with E-state index in [-0.39, 0.29) is 68.3 Å². The predicted molar refractivity (Wildman–Crippen MR) is 16.3 cm³/mol. The van der Waals surface area contributed by atoms with Crippen LogP contribution in [0.5, 0.6) is 0 Å². The van der Waals surface area contributed by atoms with Gasteiger partial charge in [-0.05, 0) is 0 Å². The summed E-state index contributed by atoms with van der Waals surface area (Å²) in [6.07, 6.45) is 0. The Hall–Kier alpha value is 2.49. The minimum Gasteiger partial charge on any atom is -0.790 e. The summed E-state index contributed by atoms with van der Waals surface area (Å²) in [6.45, 7) is 0. The van der Waals surface area contributed by atoms with Crippen LogP contribution in [0.15, 0.2) is 0 Å². The summed E-state index contributed by atoms with van der Waals surface area (Å²) in [5.74, 6) is 0. The van der Waals surface area contributed by atoms with Gasteiger partial charge in [0.2, 0.25) is 0 Å². The molecule has 0 spiro atoms. The Bertz CT molecular complexity index is 162. The summed E-state index contributed by atoms with van der Waals surface area (Å²) in [5.41, 5.74) is 0. The van der Waals surface area contributed by atoms with E-state index < -0.39 is 15.6 Å².